The molecule has 0 saturated heterocycles. The van der Waals surface area contributed by atoms with E-state index in [2.05, 4.69) is 9.97 Å². The number of aryl methyl sites for hydroxylation is 2. The zero-order valence-electron chi connectivity index (χ0n) is 21.5. The van der Waals surface area contributed by atoms with Gasteiger partial charge in [-0.1, -0.05) is 30.3 Å². The number of nitrogens with two attached hydrogens (primary N) is 1. The van der Waals surface area contributed by atoms with Crippen molar-refractivity contribution in [2.45, 2.75) is 20.4 Å². The Balaban J connectivity index is 1.62. The number of hydrogen-bond acceptors (Lipinski definition) is 7. The first kappa shape index (κ1) is 24.2. The average molecular weight is 522 g/mol. The van der Waals surface area contributed by atoms with Gasteiger partial charge in [0.2, 0.25) is 0 Å². The highest BCUT2D eigenvalue weighted by Gasteiger charge is 2.22. The maximum absolute atomic E-state index is 14.4. The quantitative estimate of drug-likeness (QED) is 0.353. The summed E-state index contributed by atoms with van der Waals surface area (Å²) in [6.07, 6.45) is 1.34. The Hall–Kier alpha value is -5.12. The molecule has 0 bridgehead atoms. The van der Waals surface area contributed by atoms with Crippen LogP contribution in [-0.2, 0) is 6.54 Å². The standard InChI is InChI=1S/C29H24FN7O2/c1-16-7-4-5-10-22(16)37-23(34-21-9-6-8-17(2)24(21)29(37)38)14-36-28-25(27(31)32-15-33-28)26(35-36)18-11-19(30)13-20(12-18)39-3/h4-13,15H,14H2,1-3H3,(H2,31,32,33). The first-order valence-corrected chi connectivity index (χ1v) is 12.2. The van der Waals surface area contributed by atoms with Gasteiger partial charge in [-0.3, -0.25) is 9.36 Å². The van der Waals surface area contributed by atoms with Crippen molar-refractivity contribution in [3.8, 4) is 22.7 Å². The van der Waals surface area contributed by atoms with E-state index in [1.807, 2.05) is 56.3 Å². The Bertz CT molecular complexity index is 1960. The summed E-state index contributed by atoms with van der Waals surface area (Å²) in [4.78, 5) is 27.4. The van der Waals surface area contributed by atoms with Crippen LogP contribution in [0.15, 0.2) is 71.8 Å². The minimum absolute atomic E-state index is 0.0901. The molecule has 6 rings (SSSR count). The molecule has 0 spiro atoms. The summed E-state index contributed by atoms with van der Waals surface area (Å²) >= 11 is 0. The second kappa shape index (κ2) is 9.32. The van der Waals surface area contributed by atoms with E-state index >= 15 is 0 Å². The Labute approximate surface area is 222 Å². The molecule has 2 N–H and O–H groups in total. The third-order valence-electron chi connectivity index (χ3n) is 6.76. The van der Waals surface area contributed by atoms with Crippen molar-refractivity contribution in [2.75, 3.05) is 12.8 Å². The first-order valence-electron chi connectivity index (χ1n) is 12.2. The van der Waals surface area contributed by atoms with Crippen molar-refractivity contribution in [3.05, 3.63) is 100 Å². The molecule has 3 heterocycles. The van der Waals surface area contributed by atoms with E-state index < -0.39 is 5.82 Å². The number of benzene rings is 3. The number of anilines is 1. The molecule has 10 heteroatoms. The number of para-hydroxylation sites is 1. The summed E-state index contributed by atoms with van der Waals surface area (Å²) < 4.78 is 22.9. The van der Waals surface area contributed by atoms with Gasteiger partial charge in [0.1, 0.15) is 41.8 Å². The summed E-state index contributed by atoms with van der Waals surface area (Å²) in [5, 5.41) is 5.79. The van der Waals surface area contributed by atoms with Crippen LogP contribution < -0.4 is 16.0 Å². The number of aromatic nitrogens is 6. The normalized spacial score (nSPS) is 11.4. The number of ether oxygens (including phenoxy) is 1. The molecule has 194 valence electrons. The van der Waals surface area contributed by atoms with Gasteiger partial charge in [0.25, 0.3) is 5.56 Å². The SMILES string of the molecule is COc1cc(F)cc(-c2nn(Cc3nc4cccc(C)c4c(=O)n3-c3ccccc3C)c3ncnc(N)c23)c1. The van der Waals surface area contributed by atoms with Gasteiger partial charge in [-0.05, 0) is 49.2 Å². The predicted molar refractivity (Wildman–Crippen MR) is 148 cm³/mol. The second-order valence-electron chi connectivity index (χ2n) is 9.27. The van der Waals surface area contributed by atoms with Crippen LogP contribution in [0.4, 0.5) is 10.2 Å². The van der Waals surface area contributed by atoms with Crippen LogP contribution in [0.2, 0.25) is 0 Å². The number of methoxy groups -OCH3 is 1. The van der Waals surface area contributed by atoms with E-state index in [0.29, 0.717) is 44.8 Å². The smallest absolute Gasteiger partial charge is 0.266 e. The lowest BCUT2D eigenvalue weighted by molar-refractivity contribution is 0.411. The minimum atomic E-state index is -0.484. The Morgan fingerprint density at radius 2 is 1.77 bits per heavy atom. The van der Waals surface area contributed by atoms with Crippen LogP contribution in [0.3, 0.4) is 0 Å². The van der Waals surface area contributed by atoms with Crippen LogP contribution in [0.1, 0.15) is 17.0 Å². The first-order chi connectivity index (χ1) is 18.9. The van der Waals surface area contributed by atoms with Gasteiger partial charge in [-0.15, -0.1) is 0 Å². The molecule has 39 heavy (non-hydrogen) atoms. The van der Waals surface area contributed by atoms with Crippen molar-refractivity contribution in [1.82, 2.24) is 29.3 Å². The number of nitrogen functional groups attached to an aromatic ring is 1. The van der Waals surface area contributed by atoms with Gasteiger partial charge >= 0.3 is 0 Å². The zero-order chi connectivity index (χ0) is 27.3. The van der Waals surface area contributed by atoms with E-state index in [9.17, 15) is 9.18 Å². The Kier molecular flexibility index (Phi) is 5.79. The van der Waals surface area contributed by atoms with Gasteiger partial charge in [-0.2, -0.15) is 5.10 Å². The summed E-state index contributed by atoms with van der Waals surface area (Å²) in [6, 6.07) is 17.5. The van der Waals surface area contributed by atoms with Crippen molar-refractivity contribution in [3.63, 3.8) is 0 Å². The van der Waals surface area contributed by atoms with Crippen molar-refractivity contribution < 1.29 is 9.13 Å². The highest BCUT2D eigenvalue weighted by molar-refractivity contribution is 5.98. The van der Waals surface area contributed by atoms with Gasteiger partial charge in [-0.25, -0.2) is 24.0 Å². The van der Waals surface area contributed by atoms with Crippen LogP contribution in [0, 0.1) is 19.7 Å². The number of hydrogen-bond donors (Lipinski definition) is 1. The molecular weight excluding hydrogens is 497 g/mol. The minimum Gasteiger partial charge on any atom is -0.497 e. The fourth-order valence-electron chi connectivity index (χ4n) is 4.90. The van der Waals surface area contributed by atoms with Crippen LogP contribution in [0.25, 0.3) is 38.9 Å². The number of halogens is 1. The molecule has 0 aliphatic carbocycles. The molecule has 0 atom stereocenters. The van der Waals surface area contributed by atoms with Gasteiger partial charge in [0.05, 0.1) is 29.1 Å². The van der Waals surface area contributed by atoms with Gasteiger partial charge < -0.3 is 10.5 Å². The molecule has 0 fully saturated rings. The van der Waals surface area contributed by atoms with Gasteiger partial charge in [0.15, 0.2) is 5.65 Å². The molecule has 3 aromatic heterocycles. The van der Waals surface area contributed by atoms with Gasteiger partial charge in [0, 0.05) is 11.6 Å². The van der Waals surface area contributed by atoms with E-state index in [-0.39, 0.29) is 17.9 Å². The van der Waals surface area contributed by atoms with Crippen LogP contribution in [0.5, 0.6) is 5.75 Å². The summed E-state index contributed by atoms with van der Waals surface area (Å²) in [7, 11) is 1.46. The molecule has 0 aliphatic heterocycles. The topological polar surface area (TPSA) is 114 Å². The lowest BCUT2D eigenvalue weighted by Gasteiger charge is -2.16. The number of fused-ring (bicyclic) bond motifs is 2. The fourth-order valence-corrected chi connectivity index (χ4v) is 4.90. The molecule has 0 radical (unpaired) electrons. The molecule has 3 aromatic carbocycles. The van der Waals surface area contributed by atoms with Crippen molar-refractivity contribution in [2.24, 2.45) is 0 Å². The molecule has 0 saturated carbocycles. The highest BCUT2D eigenvalue weighted by atomic mass is 19.1. The molecule has 6 aromatic rings. The van der Waals surface area contributed by atoms with E-state index in [1.165, 1.54) is 25.6 Å². The van der Waals surface area contributed by atoms with Crippen molar-refractivity contribution >= 4 is 27.8 Å². The molecular formula is C29H24FN7O2. The molecule has 0 aliphatic rings. The zero-order valence-corrected chi connectivity index (χ0v) is 21.5. The summed E-state index contributed by atoms with van der Waals surface area (Å²) in [6.45, 7) is 3.93. The average Bonchev–Trinajstić information content (AvgIpc) is 3.29. The maximum Gasteiger partial charge on any atom is 0.266 e. The number of rotatable bonds is 5. The molecule has 0 amide bonds. The Morgan fingerprint density at radius 3 is 2.56 bits per heavy atom. The second-order valence-corrected chi connectivity index (χ2v) is 9.27. The largest absolute Gasteiger partial charge is 0.497 e. The number of nitrogens with zero attached hydrogens (tertiary/aromatic N) is 6. The maximum atomic E-state index is 14.4. The summed E-state index contributed by atoms with van der Waals surface area (Å²) in [5.41, 5.74) is 10.4. The predicted octanol–water partition coefficient (Wildman–Crippen LogP) is 4.59. The fraction of sp³-hybridized carbons (Fsp3) is 0.138. The third kappa shape index (κ3) is 4.06. The molecule has 0 unspecified atom stereocenters. The summed E-state index contributed by atoms with van der Waals surface area (Å²) in [5.74, 6) is 0.505. The highest BCUT2D eigenvalue weighted by Crippen LogP contribution is 2.33. The lowest BCUT2D eigenvalue weighted by Crippen LogP contribution is -2.26. The third-order valence-corrected chi connectivity index (χ3v) is 6.76. The Morgan fingerprint density at radius 1 is 0.974 bits per heavy atom. The van der Waals surface area contributed by atoms with E-state index in [4.69, 9.17) is 20.6 Å². The van der Waals surface area contributed by atoms with Crippen LogP contribution >= 0.6 is 0 Å². The van der Waals surface area contributed by atoms with E-state index in [1.54, 1.807) is 15.3 Å². The monoisotopic (exact) mass is 521 g/mol. The lowest BCUT2D eigenvalue weighted by atomic mass is 10.1. The van der Waals surface area contributed by atoms with E-state index in [0.717, 1.165) is 16.8 Å². The van der Waals surface area contributed by atoms with Crippen LogP contribution in [-0.4, -0.2) is 36.4 Å². The van der Waals surface area contributed by atoms with Crippen molar-refractivity contribution in [1.29, 1.82) is 0 Å². The molecule has 9 nitrogen and oxygen atoms in total.